The lowest BCUT2D eigenvalue weighted by molar-refractivity contribution is 0.0901. The van der Waals surface area contributed by atoms with Gasteiger partial charge >= 0.3 is 7.82 Å². The second-order valence-electron chi connectivity index (χ2n) is 3.46. The number of phosphoric acid groups is 1. The van der Waals surface area contributed by atoms with Crippen LogP contribution < -0.4 is 0 Å². The lowest BCUT2D eigenvalue weighted by Gasteiger charge is -2.20. The number of hydrogen-bond donors (Lipinski definition) is 0. The van der Waals surface area contributed by atoms with Crippen LogP contribution >= 0.6 is 7.82 Å². The van der Waals surface area contributed by atoms with Gasteiger partial charge in [-0.2, -0.15) is 0 Å². The molecule has 0 saturated heterocycles. The van der Waals surface area contributed by atoms with E-state index in [0.29, 0.717) is 0 Å². The molecular weight excluding hydrogens is 239 g/mol. The maximum absolute atomic E-state index is 12.2. The van der Waals surface area contributed by atoms with Crippen molar-refractivity contribution < 1.29 is 18.1 Å². The van der Waals surface area contributed by atoms with E-state index in [1.165, 1.54) is 0 Å². The van der Waals surface area contributed by atoms with E-state index < -0.39 is 20.0 Å². The van der Waals surface area contributed by atoms with Gasteiger partial charge < -0.3 is 0 Å². The van der Waals surface area contributed by atoms with E-state index in [-0.39, 0.29) is 6.61 Å². The van der Waals surface area contributed by atoms with Gasteiger partial charge in [0.05, 0.1) is 6.61 Å². The molecule has 0 N–H and O–H groups in total. The SMILES string of the molecule is C#CC(C)OP(=O)(OCCCC)OC(C)C#C. The molecule has 96 valence electrons. The van der Waals surface area contributed by atoms with Crippen LogP contribution in [0.5, 0.6) is 0 Å². The van der Waals surface area contributed by atoms with Crippen molar-refractivity contribution in [3.63, 3.8) is 0 Å². The summed E-state index contributed by atoms with van der Waals surface area (Å²) in [5, 5.41) is 0. The first kappa shape index (κ1) is 16.2. The smallest absolute Gasteiger partial charge is 0.287 e. The van der Waals surface area contributed by atoms with E-state index in [0.717, 1.165) is 12.8 Å². The molecule has 0 aromatic heterocycles. The summed E-state index contributed by atoms with van der Waals surface area (Å²) in [6.45, 7) is 5.44. The van der Waals surface area contributed by atoms with Crippen molar-refractivity contribution in [2.45, 2.75) is 45.8 Å². The van der Waals surface area contributed by atoms with Gasteiger partial charge in [-0.15, -0.1) is 12.8 Å². The van der Waals surface area contributed by atoms with E-state index in [2.05, 4.69) is 11.8 Å². The second-order valence-corrected chi connectivity index (χ2v) is 5.04. The molecule has 2 atom stereocenters. The van der Waals surface area contributed by atoms with Gasteiger partial charge in [-0.3, -0.25) is 13.6 Å². The van der Waals surface area contributed by atoms with Crippen molar-refractivity contribution in [2.24, 2.45) is 0 Å². The molecule has 4 nitrogen and oxygen atoms in total. The Kier molecular flexibility index (Phi) is 7.96. The molecule has 0 spiro atoms. The normalized spacial score (nSPS) is 17.5. The maximum atomic E-state index is 12.2. The van der Waals surface area contributed by atoms with E-state index in [4.69, 9.17) is 26.4 Å². The zero-order valence-corrected chi connectivity index (χ0v) is 11.4. The molecule has 17 heavy (non-hydrogen) atoms. The van der Waals surface area contributed by atoms with Crippen molar-refractivity contribution >= 4 is 7.82 Å². The van der Waals surface area contributed by atoms with E-state index >= 15 is 0 Å². The molecule has 0 aliphatic rings. The molecule has 0 bridgehead atoms. The Hall–Kier alpha value is -0.770. The summed E-state index contributed by atoms with van der Waals surface area (Å²) in [4.78, 5) is 0. The van der Waals surface area contributed by atoms with Crippen molar-refractivity contribution in [2.75, 3.05) is 6.61 Å². The van der Waals surface area contributed by atoms with Crippen LogP contribution in [-0.4, -0.2) is 18.8 Å². The average molecular weight is 258 g/mol. The van der Waals surface area contributed by atoms with Gasteiger partial charge in [0.25, 0.3) is 0 Å². The van der Waals surface area contributed by atoms with Gasteiger partial charge in [0.15, 0.2) is 0 Å². The summed E-state index contributed by atoms with van der Waals surface area (Å²) in [6.07, 6.45) is 10.6. The highest BCUT2D eigenvalue weighted by Crippen LogP contribution is 2.51. The van der Waals surface area contributed by atoms with Crippen LogP contribution in [-0.2, 0) is 18.1 Å². The van der Waals surface area contributed by atoms with Crippen molar-refractivity contribution in [1.29, 1.82) is 0 Å². The molecule has 0 radical (unpaired) electrons. The lowest BCUT2D eigenvalue weighted by Crippen LogP contribution is -2.12. The topological polar surface area (TPSA) is 44.8 Å². The van der Waals surface area contributed by atoms with E-state index in [9.17, 15) is 4.57 Å². The molecule has 0 heterocycles. The number of phosphoric ester groups is 1. The summed E-state index contributed by atoms with van der Waals surface area (Å²) in [5.41, 5.74) is 0. The minimum Gasteiger partial charge on any atom is -0.287 e. The third-order valence-corrected chi connectivity index (χ3v) is 3.44. The Morgan fingerprint density at radius 2 is 1.65 bits per heavy atom. The molecule has 0 aliphatic heterocycles. The maximum Gasteiger partial charge on any atom is 0.477 e. The number of terminal acetylenes is 2. The summed E-state index contributed by atoms with van der Waals surface area (Å²) >= 11 is 0. The monoisotopic (exact) mass is 258 g/mol. The minimum absolute atomic E-state index is 0.280. The highest BCUT2D eigenvalue weighted by atomic mass is 31.2. The fourth-order valence-corrected chi connectivity index (χ4v) is 2.27. The van der Waals surface area contributed by atoms with Crippen LogP contribution in [0.25, 0.3) is 0 Å². The highest BCUT2D eigenvalue weighted by molar-refractivity contribution is 7.48. The predicted molar refractivity (Wildman–Crippen MR) is 67.2 cm³/mol. The average Bonchev–Trinajstić information content (AvgIpc) is 2.28. The molecule has 0 saturated carbocycles. The first-order chi connectivity index (χ1) is 7.97. The molecule has 2 unspecified atom stereocenters. The molecule has 5 heteroatoms. The van der Waals surface area contributed by atoms with Crippen LogP contribution in [0.4, 0.5) is 0 Å². The quantitative estimate of drug-likeness (QED) is 0.381. The third kappa shape index (κ3) is 7.21. The molecular formula is C12H19O4P. The Balaban J connectivity index is 4.53. The van der Waals surface area contributed by atoms with Gasteiger partial charge in [0, 0.05) is 0 Å². The first-order valence-electron chi connectivity index (χ1n) is 5.51. The summed E-state index contributed by atoms with van der Waals surface area (Å²) < 4.78 is 27.5. The summed E-state index contributed by atoms with van der Waals surface area (Å²) in [5.74, 6) is 4.59. The molecule has 0 aromatic carbocycles. The number of unbranched alkanes of at least 4 members (excludes halogenated alkanes) is 1. The summed E-state index contributed by atoms with van der Waals surface area (Å²) in [6, 6.07) is 0. The molecule has 0 fully saturated rings. The fraction of sp³-hybridized carbons (Fsp3) is 0.667. The van der Waals surface area contributed by atoms with Gasteiger partial charge in [-0.05, 0) is 20.3 Å². The van der Waals surface area contributed by atoms with E-state index in [1.54, 1.807) is 13.8 Å². The molecule has 0 aliphatic carbocycles. The van der Waals surface area contributed by atoms with Crippen LogP contribution in [0.2, 0.25) is 0 Å². The van der Waals surface area contributed by atoms with Crippen LogP contribution in [0.1, 0.15) is 33.6 Å². The number of hydrogen-bond acceptors (Lipinski definition) is 4. The van der Waals surface area contributed by atoms with Crippen molar-refractivity contribution in [1.82, 2.24) is 0 Å². The Bertz CT molecular complexity index is 313. The van der Waals surface area contributed by atoms with Crippen LogP contribution in [0.3, 0.4) is 0 Å². The Labute approximate surface area is 104 Å². The van der Waals surface area contributed by atoms with Gasteiger partial charge in [-0.25, -0.2) is 4.57 Å². The first-order valence-corrected chi connectivity index (χ1v) is 6.97. The van der Waals surface area contributed by atoms with Crippen LogP contribution in [0.15, 0.2) is 0 Å². The van der Waals surface area contributed by atoms with Gasteiger partial charge in [0.2, 0.25) is 0 Å². The third-order valence-electron chi connectivity index (χ3n) is 1.79. The predicted octanol–water partition coefficient (Wildman–Crippen LogP) is 2.99. The lowest BCUT2D eigenvalue weighted by atomic mass is 10.4. The highest BCUT2D eigenvalue weighted by Gasteiger charge is 2.30. The molecule has 0 rings (SSSR count). The van der Waals surface area contributed by atoms with Crippen LogP contribution in [0, 0.1) is 24.7 Å². The zero-order valence-electron chi connectivity index (χ0n) is 10.5. The zero-order chi connectivity index (χ0) is 13.3. The van der Waals surface area contributed by atoms with E-state index in [1.807, 2.05) is 6.92 Å². The molecule has 0 amide bonds. The van der Waals surface area contributed by atoms with Crippen molar-refractivity contribution in [3.8, 4) is 24.7 Å². The van der Waals surface area contributed by atoms with Crippen molar-refractivity contribution in [3.05, 3.63) is 0 Å². The molecule has 0 aromatic rings. The largest absolute Gasteiger partial charge is 0.477 e. The van der Waals surface area contributed by atoms with Gasteiger partial charge in [-0.1, -0.05) is 25.2 Å². The fourth-order valence-electron chi connectivity index (χ4n) is 0.855. The Morgan fingerprint density at radius 3 is 2.00 bits per heavy atom. The standard InChI is InChI=1S/C12H19O4P/c1-6-9-10-14-17(13,15-11(4)7-2)16-12(5)8-3/h2-3,11-12H,6,9-10H2,1,4-5H3. The number of rotatable bonds is 8. The van der Waals surface area contributed by atoms with Gasteiger partial charge in [0.1, 0.15) is 12.2 Å². The Morgan fingerprint density at radius 1 is 1.18 bits per heavy atom. The second kappa shape index (κ2) is 8.34. The summed E-state index contributed by atoms with van der Waals surface area (Å²) in [7, 11) is -3.68. The minimum atomic E-state index is -3.68.